The van der Waals surface area contributed by atoms with Crippen LogP contribution in [0.25, 0.3) is 0 Å². The summed E-state index contributed by atoms with van der Waals surface area (Å²) in [6.07, 6.45) is 0. The van der Waals surface area contributed by atoms with Crippen molar-refractivity contribution < 1.29 is 14.7 Å². The number of nitrogens with two attached hydrogens (primary N) is 1. The lowest BCUT2D eigenvalue weighted by atomic mass is 10.0. The van der Waals surface area contributed by atoms with Crippen LogP contribution in [0, 0.1) is 5.92 Å². The van der Waals surface area contributed by atoms with Gasteiger partial charge < -0.3 is 16.2 Å². The van der Waals surface area contributed by atoms with Gasteiger partial charge in [-0.3, -0.25) is 4.79 Å². The lowest BCUT2D eigenvalue weighted by Crippen LogP contribution is -2.44. The summed E-state index contributed by atoms with van der Waals surface area (Å²) in [6.45, 7) is 5.47. The van der Waals surface area contributed by atoms with Crippen molar-refractivity contribution in [3.8, 4) is 0 Å². The normalized spacial score (nSPS) is 14.3. The van der Waals surface area contributed by atoms with E-state index in [-0.39, 0.29) is 23.6 Å². The number of aromatic nitrogens is 1. The SMILES string of the molecule is CC(NC(=O)C(N)C(C)C)c1nc(C(=O)O)cs1. The Labute approximate surface area is 109 Å². The Balaban J connectivity index is 2.67. The van der Waals surface area contributed by atoms with Gasteiger partial charge in [-0.1, -0.05) is 13.8 Å². The zero-order valence-corrected chi connectivity index (χ0v) is 11.3. The largest absolute Gasteiger partial charge is 0.476 e. The van der Waals surface area contributed by atoms with Crippen molar-refractivity contribution in [2.45, 2.75) is 32.9 Å². The molecule has 0 fully saturated rings. The highest BCUT2D eigenvalue weighted by Crippen LogP contribution is 2.18. The number of carboxylic acid groups (broad SMARTS) is 1. The highest BCUT2D eigenvalue weighted by Gasteiger charge is 2.21. The lowest BCUT2D eigenvalue weighted by Gasteiger charge is -2.18. The van der Waals surface area contributed by atoms with Gasteiger partial charge >= 0.3 is 5.97 Å². The van der Waals surface area contributed by atoms with Gasteiger partial charge in [0.1, 0.15) is 5.01 Å². The van der Waals surface area contributed by atoms with Gasteiger partial charge in [0.05, 0.1) is 12.1 Å². The van der Waals surface area contributed by atoms with Crippen LogP contribution in [0.4, 0.5) is 0 Å². The van der Waals surface area contributed by atoms with E-state index in [4.69, 9.17) is 10.8 Å². The van der Waals surface area contributed by atoms with E-state index in [9.17, 15) is 9.59 Å². The van der Waals surface area contributed by atoms with Gasteiger partial charge in [-0.05, 0) is 12.8 Å². The predicted octanol–water partition coefficient (Wildman–Crippen LogP) is 1.00. The topological polar surface area (TPSA) is 105 Å². The molecular weight excluding hydrogens is 254 g/mol. The number of carbonyl (C=O) groups is 2. The lowest BCUT2D eigenvalue weighted by molar-refractivity contribution is -0.123. The molecular formula is C11H17N3O3S. The first-order valence-electron chi connectivity index (χ1n) is 5.57. The Morgan fingerprint density at radius 1 is 1.44 bits per heavy atom. The van der Waals surface area contributed by atoms with Gasteiger partial charge in [-0.15, -0.1) is 11.3 Å². The molecule has 7 heteroatoms. The van der Waals surface area contributed by atoms with Gasteiger partial charge in [-0.25, -0.2) is 9.78 Å². The molecule has 0 aliphatic rings. The number of carbonyl (C=O) groups excluding carboxylic acids is 1. The van der Waals surface area contributed by atoms with Crippen LogP contribution in [0.2, 0.25) is 0 Å². The van der Waals surface area contributed by atoms with Gasteiger partial charge in [0.15, 0.2) is 5.69 Å². The molecule has 0 saturated carbocycles. The third-order valence-electron chi connectivity index (χ3n) is 2.49. The Morgan fingerprint density at radius 3 is 2.50 bits per heavy atom. The molecule has 0 aromatic carbocycles. The molecule has 0 radical (unpaired) electrons. The summed E-state index contributed by atoms with van der Waals surface area (Å²) in [5.74, 6) is -1.29. The minimum atomic E-state index is -1.07. The van der Waals surface area contributed by atoms with Crippen LogP contribution in [0.15, 0.2) is 5.38 Å². The van der Waals surface area contributed by atoms with Crippen molar-refractivity contribution in [3.63, 3.8) is 0 Å². The summed E-state index contributed by atoms with van der Waals surface area (Å²) < 4.78 is 0. The van der Waals surface area contributed by atoms with Gasteiger partial charge in [-0.2, -0.15) is 0 Å². The van der Waals surface area contributed by atoms with Crippen molar-refractivity contribution in [1.29, 1.82) is 0 Å². The second kappa shape index (κ2) is 5.92. The van der Waals surface area contributed by atoms with E-state index in [1.807, 2.05) is 13.8 Å². The molecule has 2 atom stereocenters. The monoisotopic (exact) mass is 271 g/mol. The van der Waals surface area contributed by atoms with E-state index in [1.165, 1.54) is 16.7 Å². The van der Waals surface area contributed by atoms with E-state index in [1.54, 1.807) is 6.92 Å². The van der Waals surface area contributed by atoms with Crippen LogP contribution in [0.3, 0.4) is 0 Å². The molecule has 1 aromatic rings. The smallest absolute Gasteiger partial charge is 0.355 e. The molecule has 100 valence electrons. The van der Waals surface area contributed by atoms with E-state index < -0.39 is 12.0 Å². The van der Waals surface area contributed by atoms with Gasteiger partial charge in [0.25, 0.3) is 0 Å². The van der Waals surface area contributed by atoms with Crippen LogP contribution in [-0.4, -0.2) is 28.0 Å². The standard InChI is InChI=1S/C11H17N3O3S/c1-5(2)8(12)9(15)13-6(3)10-14-7(4-18-10)11(16)17/h4-6,8H,12H2,1-3H3,(H,13,15)(H,16,17). The molecule has 4 N–H and O–H groups in total. The van der Waals surface area contributed by atoms with E-state index in [2.05, 4.69) is 10.3 Å². The molecule has 2 unspecified atom stereocenters. The molecule has 0 spiro atoms. The number of hydrogen-bond acceptors (Lipinski definition) is 5. The first-order valence-corrected chi connectivity index (χ1v) is 6.45. The molecule has 0 bridgehead atoms. The third kappa shape index (κ3) is 3.51. The number of hydrogen-bond donors (Lipinski definition) is 3. The van der Waals surface area contributed by atoms with Crippen LogP contribution in [0.5, 0.6) is 0 Å². The van der Waals surface area contributed by atoms with Gasteiger partial charge in [0.2, 0.25) is 5.91 Å². The number of thiazole rings is 1. The zero-order valence-electron chi connectivity index (χ0n) is 10.5. The van der Waals surface area contributed by atoms with E-state index in [0.717, 1.165) is 0 Å². The fourth-order valence-electron chi connectivity index (χ4n) is 1.26. The average molecular weight is 271 g/mol. The summed E-state index contributed by atoms with van der Waals surface area (Å²) in [5, 5.41) is 13.5. The maximum Gasteiger partial charge on any atom is 0.355 e. The molecule has 0 aliphatic carbocycles. The van der Waals surface area contributed by atoms with Crippen LogP contribution < -0.4 is 11.1 Å². The second-order valence-electron chi connectivity index (χ2n) is 4.38. The fraction of sp³-hybridized carbons (Fsp3) is 0.545. The van der Waals surface area contributed by atoms with Crippen molar-refractivity contribution in [3.05, 3.63) is 16.1 Å². The molecule has 1 amide bonds. The first kappa shape index (κ1) is 14.6. The minimum absolute atomic E-state index is 0.00995. The molecule has 6 nitrogen and oxygen atoms in total. The summed E-state index contributed by atoms with van der Waals surface area (Å²) in [4.78, 5) is 26.4. The first-order chi connectivity index (χ1) is 8.32. The van der Waals surface area contributed by atoms with Crippen LogP contribution in [0.1, 0.15) is 42.3 Å². The van der Waals surface area contributed by atoms with Gasteiger partial charge in [0, 0.05) is 5.38 Å². The summed E-state index contributed by atoms with van der Waals surface area (Å²) in [5.41, 5.74) is 5.71. The highest BCUT2D eigenvalue weighted by atomic mass is 32.1. The zero-order chi connectivity index (χ0) is 13.9. The number of amides is 1. The Kier molecular flexibility index (Phi) is 4.80. The van der Waals surface area contributed by atoms with Crippen molar-refractivity contribution in [2.75, 3.05) is 0 Å². The van der Waals surface area contributed by atoms with E-state index in [0.29, 0.717) is 5.01 Å². The molecule has 0 aliphatic heterocycles. The summed E-state index contributed by atoms with van der Waals surface area (Å²) in [7, 11) is 0. The quantitative estimate of drug-likeness (QED) is 0.741. The number of carboxylic acids is 1. The number of nitrogens with zero attached hydrogens (tertiary/aromatic N) is 1. The summed E-state index contributed by atoms with van der Waals surface area (Å²) in [6, 6.07) is -0.924. The minimum Gasteiger partial charge on any atom is -0.476 e. The second-order valence-corrected chi connectivity index (χ2v) is 5.27. The molecule has 1 heterocycles. The Hall–Kier alpha value is -1.47. The number of rotatable bonds is 5. The maximum absolute atomic E-state index is 11.7. The fourth-order valence-corrected chi connectivity index (χ4v) is 2.06. The summed E-state index contributed by atoms with van der Waals surface area (Å²) >= 11 is 1.20. The number of nitrogens with one attached hydrogen (secondary N) is 1. The van der Waals surface area contributed by atoms with Crippen molar-refractivity contribution in [2.24, 2.45) is 11.7 Å². The Morgan fingerprint density at radius 2 is 2.06 bits per heavy atom. The van der Waals surface area contributed by atoms with Crippen molar-refractivity contribution >= 4 is 23.2 Å². The average Bonchev–Trinajstić information content (AvgIpc) is 2.76. The van der Waals surface area contributed by atoms with Crippen LogP contribution >= 0.6 is 11.3 Å². The molecule has 1 rings (SSSR count). The van der Waals surface area contributed by atoms with Crippen LogP contribution in [-0.2, 0) is 4.79 Å². The maximum atomic E-state index is 11.7. The van der Waals surface area contributed by atoms with Crippen molar-refractivity contribution in [1.82, 2.24) is 10.3 Å². The highest BCUT2D eigenvalue weighted by molar-refractivity contribution is 7.09. The number of aromatic carboxylic acids is 1. The third-order valence-corrected chi connectivity index (χ3v) is 3.52. The van der Waals surface area contributed by atoms with E-state index >= 15 is 0 Å². The molecule has 0 saturated heterocycles. The molecule has 18 heavy (non-hydrogen) atoms. The molecule has 1 aromatic heterocycles. The Bertz CT molecular complexity index is 444. The predicted molar refractivity (Wildman–Crippen MR) is 68.4 cm³/mol.